The van der Waals surface area contributed by atoms with Gasteiger partial charge in [-0.15, -0.1) is 0 Å². The number of hydrogen-bond donors (Lipinski definition) is 2. The first-order valence-electron chi connectivity index (χ1n) is 7.26. The van der Waals surface area contributed by atoms with Crippen LogP contribution in [0.5, 0.6) is 0 Å². The van der Waals surface area contributed by atoms with Gasteiger partial charge in [-0.1, -0.05) is 38.3 Å². The zero-order valence-electron chi connectivity index (χ0n) is 11.9. The largest absolute Gasteiger partial charge is 0.389 e. The first-order chi connectivity index (χ1) is 9.45. The molecule has 0 atom stereocenters. The Hall–Kier alpha value is -0.910. The molecule has 0 saturated heterocycles. The zero-order chi connectivity index (χ0) is 14.6. The summed E-state index contributed by atoms with van der Waals surface area (Å²) >= 11 is 0. The molecule has 1 aromatic rings. The van der Waals surface area contributed by atoms with Crippen LogP contribution in [0, 0.1) is 0 Å². The highest BCUT2D eigenvalue weighted by Crippen LogP contribution is 2.27. The third kappa shape index (κ3) is 3.81. The van der Waals surface area contributed by atoms with Gasteiger partial charge in [0.1, 0.15) is 0 Å². The molecule has 0 spiro atoms. The Morgan fingerprint density at radius 3 is 2.60 bits per heavy atom. The fourth-order valence-electron chi connectivity index (χ4n) is 2.63. The van der Waals surface area contributed by atoms with E-state index in [9.17, 15) is 13.5 Å². The molecule has 112 valence electrons. The lowest BCUT2D eigenvalue weighted by Gasteiger charge is -2.32. The Kier molecular flexibility index (Phi) is 4.83. The quantitative estimate of drug-likeness (QED) is 0.876. The molecular formula is C15H23NO3S. The van der Waals surface area contributed by atoms with Crippen LogP contribution in [0.25, 0.3) is 0 Å². The number of aliphatic hydroxyl groups is 1. The summed E-state index contributed by atoms with van der Waals surface area (Å²) in [5.41, 5.74) is 0.109. The molecule has 1 aromatic carbocycles. The van der Waals surface area contributed by atoms with E-state index in [0.29, 0.717) is 12.8 Å². The van der Waals surface area contributed by atoms with Crippen LogP contribution in [0.3, 0.4) is 0 Å². The van der Waals surface area contributed by atoms with Gasteiger partial charge < -0.3 is 5.11 Å². The molecule has 2 N–H and O–H groups in total. The van der Waals surface area contributed by atoms with Crippen LogP contribution in [-0.2, 0) is 16.4 Å². The first kappa shape index (κ1) is 15.5. The number of aryl methyl sites for hydroxylation is 1. The van der Waals surface area contributed by atoms with Gasteiger partial charge in [-0.2, -0.15) is 0 Å². The maximum absolute atomic E-state index is 12.3. The molecule has 1 saturated carbocycles. The molecular weight excluding hydrogens is 274 g/mol. The highest BCUT2D eigenvalue weighted by Gasteiger charge is 2.30. The van der Waals surface area contributed by atoms with E-state index in [1.54, 1.807) is 18.2 Å². The van der Waals surface area contributed by atoms with Crippen LogP contribution >= 0.6 is 0 Å². The Labute approximate surface area is 121 Å². The van der Waals surface area contributed by atoms with Crippen LogP contribution in [-0.4, -0.2) is 25.7 Å². The van der Waals surface area contributed by atoms with Gasteiger partial charge in [0.05, 0.1) is 10.5 Å². The minimum atomic E-state index is -3.54. The number of hydrogen-bond acceptors (Lipinski definition) is 3. The smallest absolute Gasteiger partial charge is 0.240 e. The summed E-state index contributed by atoms with van der Waals surface area (Å²) in [5.74, 6) is 0. The van der Waals surface area contributed by atoms with E-state index in [0.717, 1.165) is 31.2 Å². The summed E-state index contributed by atoms with van der Waals surface area (Å²) in [4.78, 5) is 0.274. The molecule has 0 unspecified atom stereocenters. The minimum Gasteiger partial charge on any atom is -0.389 e. The summed E-state index contributed by atoms with van der Waals surface area (Å²) in [7, 11) is -3.54. The second-order valence-electron chi connectivity index (χ2n) is 5.61. The van der Waals surface area contributed by atoms with Crippen molar-refractivity contribution in [3.8, 4) is 0 Å². The third-order valence-corrected chi connectivity index (χ3v) is 5.39. The zero-order valence-corrected chi connectivity index (χ0v) is 12.7. The molecule has 0 aliphatic heterocycles. The molecule has 2 rings (SSSR count). The predicted octanol–water partition coefficient (Wildman–Crippen LogP) is 2.22. The van der Waals surface area contributed by atoms with Gasteiger partial charge in [-0.25, -0.2) is 13.1 Å². The molecule has 1 aliphatic carbocycles. The number of benzene rings is 1. The third-order valence-electron chi connectivity index (χ3n) is 3.99. The monoisotopic (exact) mass is 297 g/mol. The van der Waals surface area contributed by atoms with Crippen molar-refractivity contribution in [1.29, 1.82) is 0 Å². The second-order valence-corrected chi connectivity index (χ2v) is 7.38. The van der Waals surface area contributed by atoms with E-state index in [1.165, 1.54) is 0 Å². The highest BCUT2D eigenvalue weighted by atomic mass is 32.2. The van der Waals surface area contributed by atoms with E-state index < -0.39 is 15.6 Å². The average molecular weight is 297 g/mol. The lowest BCUT2D eigenvalue weighted by Crippen LogP contribution is -2.44. The molecule has 1 aliphatic rings. The molecule has 0 aromatic heterocycles. The summed E-state index contributed by atoms with van der Waals surface area (Å²) in [6.07, 6.45) is 5.18. The van der Waals surface area contributed by atoms with Crippen molar-refractivity contribution < 1.29 is 13.5 Å². The maximum atomic E-state index is 12.3. The Morgan fingerprint density at radius 1 is 1.25 bits per heavy atom. The molecule has 4 nitrogen and oxygen atoms in total. The lowest BCUT2D eigenvalue weighted by atomic mass is 9.85. The summed E-state index contributed by atoms with van der Waals surface area (Å²) in [6.45, 7) is 2.09. The minimum absolute atomic E-state index is 0.103. The number of rotatable bonds is 5. The Balaban J connectivity index is 2.06. The maximum Gasteiger partial charge on any atom is 0.240 e. The van der Waals surface area contributed by atoms with Crippen LogP contribution < -0.4 is 4.72 Å². The summed E-state index contributed by atoms with van der Waals surface area (Å²) < 4.78 is 27.1. The van der Waals surface area contributed by atoms with Crippen molar-refractivity contribution in [2.75, 3.05) is 6.54 Å². The first-order valence-corrected chi connectivity index (χ1v) is 8.74. The number of nitrogens with one attached hydrogen (secondary N) is 1. The highest BCUT2D eigenvalue weighted by molar-refractivity contribution is 7.89. The van der Waals surface area contributed by atoms with E-state index in [1.807, 2.05) is 13.0 Å². The van der Waals surface area contributed by atoms with Gasteiger partial charge in [-0.3, -0.25) is 0 Å². The molecule has 0 radical (unpaired) electrons. The van der Waals surface area contributed by atoms with Crippen molar-refractivity contribution in [3.05, 3.63) is 29.8 Å². The standard InChI is InChI=1S/C15H23NO3S/c1-2-13-7-6-8-14(11-13)20(18,19)16-12-15(17)9-4-3-5-10-15/h6-8,11,16-17H,2-5,9-10,12H2,1H3. The predicted molar refractivity (Wildman–Crippen MR) is 79.0 cm³/mol. The van der Waals surface area contributed by atoms with Crippen molar-refractivity contribution >= 4 is 10.0 Å². The fourth-order valence-corrected chi connectivity index (χ4v) is 3.82. The van der Waals surface area contributed by atoms with Crippen LogP contribution in [0.1, 0.15) is 44.6 Å². The van der Waals surface area contributed by atoms with Crippen LogP contribution in [0.15, 0.2) is 29.2 Å². The van der Waals surface area contributed by atoms with Crippen molar-refractivity contribution in [2.45, 2.75) is 55.9 Å². The average Bonchev–Trinajstić information content (AvgIpc) is 2.46. The molecule has 0 heterocycles. The SMILES string of the molecule is CCc1cccc(S(=O)(=O)NCC2(O)CCCCC2)c1. The van der Waals surface area contributed by atoms with Gasteiger partial charge in [0.2, 0.25) is 10.0 Å². The fraction of sp³-hybridized carbons (Fsp3) is 0.600. The Bertz CT molecular complexity index is 548. The molecule has 20 heavy (non-hydrogen) atoms. The molecule has 0 bridgehead atoms. The van der Waals surface area contributed by atoms with Crippen molar-refractivity contribution in [1.82, 2.24) is 4.72 Å². The van der Waals surface area contributed by atoms with Crippen LogP contribution in [0.4, 0.5) is 0 Å². The second kappa shape index (κ2) is 6.24. The van der Waals surface area contributed by atoms with Crippen LogP contribution in [0.2, 0.25) is 0 Å². The molecule has 0 amide bonds. The topological polar surface area (TPSA) is 66.4 Å². The van der Waals surface area contributed by atoms with E-state index in [-0.39, 0.29) is 11.4 Å². The Morgan fingerprint density at radius 2 is 1.95 bits per heavy atom. The molecule has 5 heteroatoms. The molecule has 1 fully saturated rings. The van der Waals surface area contributed by atoms with E-state index >= 15 is 0 Å². The van der Waals surface area contributed by atoms with Gasteiger partial charge in [0.25, 0.3) is 0 Å². The van der Waals surface area contributed by atoms with E-state index in [2.05, 4.69) is 4.72 Å². The van der Waals surface area contributed by atoms with Gasteiger partial charge in [0.15, 0.2) is 0 Å². The normalized spacial score (nSPS) is 18.9. The number of sulfonamides is 1. The summed E-state index contributed by atoms with van der Waals surface area (Å²) in [6, 6.07) is 6.94. The van der Waals surface area contributed by atoms with E-state index in [4.69, 9.17) is 0 Å². The lowest BCUT2D eigenvalue weighted by molar-refractivity contribution is 0.00945. The summed E-state index contributed by atoms with van der Waals surface area (Å²) in [5, 5.41) is 10.4. The van der Waals surface area contributed by atoms with Crippen molar-refractivity contribution in [3.63, 3.8) is 0 Å². The van der Waals surface area contributed by atoms with Crippen molar-refractivity contribution in [2.24, 2.45) is 0 Å². The van der Waals surface area contributed by atoms with Gasteiger partial charge >= 0.3 is 0 Å². The van der Waals surface area contributed by atoms with Gasteiger partial charge in [0, 0.05) is 6.54 Å². The van der Waals surface area contributed by atoms with Gasteiger partial charge in [-0.05, 0) is 37.0 Å².